The Hall–Kier alpha value is -2.08. The predicted octanol–water partition coefficient (Wildman–Crippen LogP) is 2.90. The van der Waals surface area contributed by atoms with Crippen LogP contribution in [0.15, 0.2) is 23.6 Å². The standard InChI is InChI=1S/C15H18N2O3S/c1-3-19-13-6-5-10(7-12(13)16)15-17-11(9-21-15)8-14(18)20-4-2/h5-7,9H,3-4,8,16H2,1-2H3. The molecule has 0 spiro atoms. The SMILES string of the molecule is CCOC(=O)Cc1csc(-c2ccc(OCC)c(N)c2)n1. The van der Waals surface area contributed by atoms with Gasteiger partial charge in [0.25, 0.3) is 0 Å². The zero-order chi connectivity index (χ0) is 15.2. The molecule has 2 aromatic rings. The van der Waals surface area contributed by atoms with E-state index in [0.29, 0.717) is 30.3 Å². The highest BCUT2D eigenvalue weighted by molar-refractivity contribution is 7.13. The van der Waals surface area contributed by atoms with Gasteiger partial charge in [-0.2, -0.15) is 0 Å². The minimum absolute atomic E-state index is 0.191. The summed E-state index contributed by atoms with van der Waals surface area (Å²) in [6, 6.07) is 5.58. The van der Waals surface area contributed by atoms with Crippen LogP contribution in [0.3, 0.4) is 0 Å². The van der Waals surface area contributed by atoms with Crippen molar-refractivity contribution in [3.63, 3.8) is 0 Å². The number of anilines is 1. The van der Waals surface area contributed by atoms with E-state index in [1.807, 2.05) is 30.5 Å². The number of nitrogen functional groups attached to an aromatic ring is 1. The number of rotatable bonds is 6. The van der Waals surface area contributed by atoms with Crippen molar-refractivity contribution in [1.82, 2.24) is 4.98 Å². The predicted molar refractivity (Wildman–Crippen MR) is 83.5 cm³/mol. The number of benzene rings is 1. The Morgan fingerprint density at radius 3 is 2.81 bits per heavy atom. The molecule has 112 valence electrons. The summed E-state index contributed by atoms with van der Waals surface area (Å²) in [5.74, 6) is 0.408. The van der Waals surface area contributed by atoms with E-state index in [0.717, 1.165) is 10.6 Å². The Balaban J connectivity index is 2.14. The van der Waals surface area contributed by atoms with Crippen molar-refractivity contribution in [2.45, 2.75) is 20.3 Å². The van der Waals surface area contributed by atoms with E-state index < -0.39 is 0 Å². The molecule has 1 aromatic heterocycles. The van der Waals surface area contributed by atoms with E-state index in [1.165, 1.54) is 11.3 Å². The zero-order valence-corrected chi connectivity index (χ0v) is 12.9. The first kappa shape index (κ1) is 15.3. The molecule has 0 bridgehead atoms. The summed E-state index contributed by atoms with van der Waals surface area (Å²) in [7, 11) is 0. The Kier molecular flexibility index (Phi) is 5.16. The third kappa shape index (κ3) is 3.95. The Morgan fingerprint density at radius 2 is 2.14 bits per heavy atom. The quantitative estimate of drug-likeness (QED) is 0.656. The summed E-state index contributed by atoms with van der Waals surface area (Å²) in [5, 5.41) is 2.68. The topological polar surface area (TPSA) is 74.4 Å². The third-order valence-electron chi connectivity index (χ3n) is 2.74. The Morgan fingerprint density at radius 1 is 1.33 bits per heavy atom. The van der Waals surface area contributed by atoms with Gasteiger partial charge in [0, 0.05) is 10.9 Å². The second kappa shape index (κ2) is 7.08. The van der Waals surface area contributed by atoms with Crippen molar-refractivity contribution < 1.29 is 14.3 Å². The van der Waals surface area contributed by atoms with Crippen molar-refractivity contribution in [1.29, 1.82) is 0 Å². The van der Waals surface area contributed by atoms with Crippen molar-refractivity contribution in [2.75, 3.05) is 18.9 Å². The van der Waals surface area contributed by atoms with Crippen LogP contribution in [-0.4, -0.2) is 24.2 Å². The van der Waals surface area contributed by atoms with Gasteiger partial charge in [-0.3, -0.25) is 4.79 Å². The van der Waals surface area contributed by atoms with E-state index >= 15 is 0 Å². The van der Waals surface area contributed by atoms with E-state index in [4.69, 9.17) is 15.2 Å². The molecule has 5 nitrogen and oxygen atoms in total. The van der Waals surface area contributed by atoms with Crippen LogP contribution in [0.25, 0.3) is 10.6 Å². The fraction of sp³-hybridized carbons (Fsp3) is 0.333. The van der Waals surface area contributed by atoms with Crippen molar-refractivity contribution >= 4 is 23.0 Å². The fourth-order valence-corrected chi connectivity index (χ4v) is 2.67. The van der Waals surface area contributed by atoms with Crippen LogP contribution in [0, 0.1) is 0 Å². The molecule has 0 aliphatic rings. The summed E-state index contributed by atoms with van der Waals surface area (Å²) in [6.45, 7) is 4.65. The van der Waals surface area contributed by atoms with E-state index in [9.17, 15) is 4.79 Å². The molecule has 0 unspecified atom stereocenters. The third-order valence-corrected chi connectivity index (χ3v) is 3.68. The summed E-state index contributed by atoms with van der Waals surface area (Å²) < 4.78 is 10.3. The molecule has 0 amide bonds. The van der Waals surface area contributed by atoms with Crippen molar-refractivity contribution in [2.24, 2.45) is 0 Å². The summed E-state index contributed by atoms with van der Waals surface area (Å²) in [6.07, 6.45) is 0.191. The second-order valence-electron chi connectivity index (χ2n) is 4.31. The van der Waals surface area contributed by atoms with Gasteiger partial charge in [0.05, 0.1) is 31.0 Å². The van der Waals surface area contributed by atoms with Gasteiger partial charge in [0.15, 0.2) is 0 Å². The summed E-state index contributed by atoms with van der Waals surface area (Å²) >= 11 is 1.48. The first-order valence-electron chi connectivity index (χ1n) is 6.76. The number of esters is 1. The number of carbonyl (C=O) groups is 1. The number of nitrogens with zero attached hydrogens (tertiary/aromatic N) is 1. The van der Waals surface area contributed by atoms with Gasteiger partial charge in [-0.05, 0) is 32.0 Å². The van der Waals surface area contributed by atoms with Gasteiger partial charge in [-0.15, -0.1) is 11.3 Å². The number of nitrogens with two attached hydrogens (primary N) is 1. The van der Waals surface area contributed by atoms with E-state index in [-0.39, 0.29) is 12.4 Å². The molecule has 0 saturated heterocycles. The molecule has 0 atom stereocenters. The molecular weight excluding hydrogens is 288 g/mol. The van der Waals surface area contributed by atoms with Crippen LogP contribution in [0.2, 0.25) is 0 Å². The normalized spacial score (nSPS) is 10.4. The van der Waals surface area contributed by atoms with Crippen LogP contribution in [0.4, 0.5) is 5.69 Å². The van der Waals surface area contributed by atoms with Crippen LogP contribution >= 0.6 is 11.3 Å². The smallest absolute Gasteiger partial charge is 0.311 e. The lowest BCUT2D eigenvalue weighted by atomic mass is 10.2. The maximum absolute atomic E-state index is 11.4. The number of hydrogen-bond acceptors (Lipinski definition) is 6. The van der Waals surface area contributed by atoms with E-state index in [1.54, 1.807) is 6.92 Å². The Bertz CT molecular complexity index is 625. The summed E-state index contributed by atoms with van der Waals surface area (Å²) in [5.41, 5.74) is 8.15. The monoisotopic (exact) mass is 306 g/mol. The lowest BCUT2D eigenvalue weighted by Crippen LogP contribution is -2.07. The molecule has 2 N–H and O–H groups in total. The molecule has 1 heterocycles. The van der Waals surface area contributed by atoms with Gasteiger partial charge in [-0.1, -0.05) is 0 Å². The van der Waals surface area contributed by atoms with Crippen LogP contribution in [-0.2, 0) is 16.0 Å². The van der Waals surface area contributed by atoms with Gasteiger partial charge in [0.1, 0.15) is 10.8 Å². The first-order chi connectivity index (χ1) is 10.1. The second-order valence-corrected chi connectivity index (χ2v) is 5.17. The van der Waals surface area contributed by atoms with Crippen LogP contribution in [0.1, 0.15) is 19.5 Å². The number of aromatic nitrogens is 1. The minimum Gasteiger partial charge on any atom is -0.492 e. The van der Waals surface area contributed by atoms with Crippen LogP contribution < -0.4 is 10.5 Å². The number of thiazole rings is 1. The molecule has 0 aliphatic carbocycles. The van der Waals surface area contributed by atoms with Gasteiger partial charge in [-0.25, -0.2) is 4.98 Å². The Labute approximate surface area is 127 Å². The maximum Gasteiger partial charge on any atom is 0.311 e. The average Bonchev–Trinajstić information content (AvgIpc) is 2.90. The zero-order valence-electron chi connectivity index (χ0n) is 12.1. The fourth-order valence-electron chi connectivity index (χ4n) is 1.85. The number of hydrogen-bond donors (Lipinski definition) is 1. The molecular formula is C15H18N2O3S. The highest BCUT2D eigenvalue weighted by Crippen LogP contribution is 2.30. The lowest BCUT2D eigenvalue weighted by Gasteiger charge is -2.07. The molecule has 0 radical (unpaired) electrons. The molecule has 0 fully saturated rings. The van der Waals surface area contributed by atoms with Crippen LogP contribution in [0.5, 0.6) is 5.75 Å². The highest BCUT2D eigenvalue weighted by Gasteiger charge is 2.11. The lowest BCUT2D eigenvalue weighted by molar-refractivity contribution is -0.142. The van der Waals surface area contributed by atoms with E-state index in [2.05, 4.69) is 4.98 Å². The minimum atomic E-state index is -0.263. The molecule has 0 aliphatic heterocycles. The largest absolute Gasteiger partial charge is 0.492 e. The molecule has 21 heavy (non-hydrogen) atoms. The number of ether oxygens (including phenoxy) is 2. The molecule has 0 saturated carbocycles. The van der Waals surface area contributed by atoms with Gasteiger partial charge < -0.3 is 15.2 Å². The van der Waals surface area contributed by atoms with Crippen molar-refractivity contribution in [3.05, 3.63) is 29.3 Å². The first-order valence-corrected chi connectivity index (χ1v) is 7.64. The van der Waals surface area contributed by atoms with Gasteiger partial charge >= 0.3 is 5.97 Å². The maximum atomic E-state index is 11.4. The summed E-state index contributed by atoms with van der Waals surface area (Å²) in [4.78, 5) is 15.9. The molecule has 2 rings (SSSR count). The van der Waals surface area contributed by atoms with Gasteiger partial charge in [0.2, 0.25) is 0 Å². The number of carbonyl (C=O) groups excluding carboxylic acids is 1. The molecule has 1 aromatic carbocycles. The molecule has 6 heteroatoms. The highest BCUT2D eigenvalue weighted by atomic mass is 32.1. The van der Waals surface area contributed by atoms with Crippen molar-refractivity contribution in [3.8, 4) is 16.3 Å². The average molecular weight is 306 g/mol.